The molecule has 0 atom stereocenters. The number of aryl methyl sites for hydroxylation is 1. The molecule has 0 aliphatic carbocycles. The highest BCUT2D eigenvalue weighted by molar-refractivity contribution is 5.86. The number of ether oxygens (including phenoxy) is 2. The largest absolute Gasteiger partial charge is 0.490 e. The van der Waals surface area contributed by atoms with Gasteiger partial charge >= 0.3 is 5.97 Å². The summed E-state index contributed by atoms with van der Waals surface area (Å²) in [4.78, 5) is 10.9. The second-order valence-electron chi connectivity index (χ2n) is 4.63. The van der Waals surface area contributed by atoms with Gasteiger partial charge in [0, 0.05) is 13.0 Å². The Morgan fingerprint density at radius 2 is 1.95 bits per heavy atom. The van der Waals surface area contributed by atoms with Gasteiger partial charge in [0.15, 0.2) is 17.2 Å². The Balaban J connectivity index is 1.86. The zero-order valence-electron chi connectivity index (χ0n) is 12.7. The van der Waals surface area contributed by atoms with E-state index in [0.717, 1.165) is 5.75 Å². The molecule has 0 amide bonds. The molecule has 22 heavy (non-hydrogen) atoms. The standard InChI is InChI=1S/C15H19N3O4/c1-3-21-12-7-4-5-8-13(12)22-10-6-9-18-11(2)14(15(19)20)16-17-18/h4-5,7-8H,3,6,9-10H2,1-2H3,(H,19,20). The van der Waals surface area contributed by atoms with Gasteiger partial charge in [0.2, 0.25) is 0 Å². The molecule has 7 nitrogen and oxygen atoms in total. The molecule has 0 bridgehead atoms. The van der Waals surface area contributed by atoms with Gasteiger partial charge in [0.05, 0.1) is 18.9 Å². The first-order valence-electron chi connectivity index (χ1n) is 7.11. The van der Waals surface area contributed by atoms with Gasteiger partial charge in [-0.25, -0.2) is 9.48 Å². The predicted octanol–water partition coefficient (Wildman–Crippen LogP) is 2.15. The highest BCUT2D eigenvalue weighted by atomic mass is 16.5. The molecule has 2 aromatic rings. The van der Waals surface area contributed by atoms with Crippen LogP contribution in [0.25, 0.3) is 0 Å². The highest BCUT2D eigenvalue weighted by Gasteiger charge is 2.14. The summed E-state index contributed by atoms with van der Waals surface area (Å²) >= 11 is 0. The van der Waals surface area contributed by atoms with Crippen LogP contribution in [0.2, 0.25) is 0 Å². The van der Waals surface area contributed by atoms with Crippen molar-refractivity contribution in [1.82, 2.24) is 15.0 Å². The van der Waals surface area contributed by atoms with Crippen LogP contribution in [0.1, 0.15) is 29.5 Å². The van der Waals surface area contributed by atoms with Gasteiger partial charge in [-0.3, -0.25) is 0 Å². The molecule has 0 spiro atoms. The third kappa shape index (κ3) is 3.75. The Labute approximate surface area is 128 Å². The monoisotopic (exact) mass is 305 g/mol. The normalized spacial score (nSPS) is 10.5. The zero-order chi connectivity index (χ0) is 15.9. The van der Waals surface area contributed by atoms with Crippen LogP contribution in [-0.2, 0) is 6.54 Å². The first-order chi connectivity index (χ1) is 10.6. The lowest BCUT2D eigenvalue weighted by atomic mass is 10.3. The van der Waals surface area contributed by atoms with Crippen molar-refractivity contribution in [2.45, 2.75) is 26.8 Å². The quantitative estimate of drug-likeness (QED) is 0.752. The summed E-state index contributed by atoms with van der Waals surface area (Å²) in [6.45, 7) is 5.21. The molecule has 2 rings (SSSR count). The van der Waals surface area contributed by atoms with Crippen LogP contribution in [0.3, 0.4) is 0 Å². The van der Waals surface area contributed by atoms with Crippen LogP contribution in [-0.4, -0.2) is 39.3 Å². The molecule has 1 aromatic heterocycles. The molecule has 118 valence electrons. The van der Waals surface area contributed by atoms with Crippen LogP contribution in [0.5, 0.6) is 11.5 Å². The lowest BCUT2D eigenvalue weighted by molar-refractivity contribution is 0.0689. The molecule has 1 N–H and O–H groups in total. The second-order valence-corrected chi connectivity index (χ2v) is 4.63. The molecule has 0 aliphatic heterocycles. The van der Waals surface area contributed by atoms with Crippen molar-refractivity contribution in [3.63, 3.8) is 0 Å². The topological polar surface area (TPSA) is 86.5 Å². The van der Waals surface area contributed by atoms with Crippen molar-refractivity contribution in [1.29, 1.82) is 0 Å². The van der Waals surface area contributed by atoms with E-state index in [4.69, 9.17) is 14.6 Å². The van der Waals surface area contributed by atoms with Gasteiger partial charge in [-0.05, 0) is 26.0 Å². The number of aromatic nitrogens is 3. The molecular weight excluding hydrogens is 286 g/mol. The summed E-state index contributed by atoms with van der Waals surface area (Å²) in [5.74, 6) is 0.353. The fourth-order valence-electron chi connectivity index (χ4n) is 2.01. The highest BCUT2D eigenvalue weighted by Crippen LogP contribution is 2.26. The van der Waals surface area contributed by atoms with Crippen molar-refractivity contribution in [2.75, 3.05) is 13.2 Å². The van der Waals surface area contributed by atoms with E-state index in [1.165, 1.54) is 0 Å². The summed E-state index contributed by atoms with van der Waals surface area (Å²) in [5.41, 5.74) is 0.532. The van der Waals surface area contributed by atoms with E-state index in [9.17, 15) is 4.79 Å². The lowest BCUT2D eigenvalue weighted by Crippen LogP contribution is -2.08. The predicted molar refractivity (Wildman–Crippen MR) is 79.4 cm³/mol. The van der Waals surface area contributed by atoms with Crippen LogP contribution in [0.15, 0.2) is 24.3 Å². The summed E-state index contributed by atoms with van der Waals surface area (Å²) < 4.78 is 12.8. The van der Waals surface area contributed by atoms with E-state index in [-0.39, 0.29) is 5.69 Å². The number of carboxylic acid groups (broad SMARTS) is 1. The number of para-hydroxylation sites is 2. The third-order valence-corrected chi connectivity index (χ3v) is 3.11. The molecule has 0 saturated carbocycles. The maximum atomic E-state index is 10.9. The molecule has 0 radical (unpaired) electrons. The number of carboxylic acids is 1. The smallest absolute Gasteiger partial charge is 0.358 e. The summed E-state index contributed by atoms with van der Waals surface area (Å²) in [7, 11) is 0. The number of hydrogen-bond acceptors (Lipinski definition) is 5. The molecular formula is C15H19N3O4. The summed E-state index contributed by atoms with van der Waals surface area (Å²) in [5, 5.41) is 16.4. The maximum Gasteiger partial charge on any atom is 0.358 e. The van der Waals surface area contributed by atoms with Gasteiger partial charge in [0.1, 0.15) is 0 Å². The minimum Gasteiger partial charge on any atom is -0.490 e. The van der Waals surface area contributed by atoms with Crippen molar-refractivity contribution >= 4 is 5.97 Å². The van der Waals surface area contributed by atoms with E-state index in [1.807, 2.05) is 31.2 Å². The number of hydrogen-bond donors (Lipinski definition) is 1. The van der Waals surface area contributed by atoms with Crippen LogP contribution in [0.4, 0.5) is 0 Å². The molecule has 0 saturated heterocycles. The van der Waals surface area contributed by atoms with Gasteiger partial charge in [-0.15, -0.1) is 5.10 Å². The molecule has 7 heteroatoms. The van der Waals surface area contributed by atoms with Crippen LogP contribution in [0, 0.1) is 6.92 Å². The lowest BCUT2D eigenvalue weighted by Gasteiger charge is -2.11. The average molecular weight is 305 g/mol. The molecule has 0 unspecified atom stereocenters. The molecule has 1 aromatic carbocycles. The second kappa shape index (κ2) is 7.44. The van der Waals surface area contributed by atoms with Crippen LogP contribution >= 0.6 is 0 Å². The Hall–Kier alpha value is -2.57. The van der Waals surface area contributed by atoms with Gasteiger partial charge in [0.25, 0.3) is 0 Å². The first-order valence-corrected chi connectivity index (χ1v) is 7.11. The van der Waals surface area contributed by atoms with Gasteiger partial charge in [-0.1, -0.05) is 17.3 Å². The van der Waals surface area contributed by atoms with E-state index in [0.29, 0.717) is 37.6 Å². The summed E-state index contributed by atoms with van der Waals surface area (Å²) in [6.07, 6.45) is 0.684. The van der Waals surface area contributed by atoms with Crippen molar-refractivity contribution in [3.8, 4) is 11.5 Å². The van der Waals surface area contributed by atoms with E-state index < -0.39 is 5.97 Å². The minimum atomic E-state index is -1.06. The number of aromatic carboxylic acids is 1. The third-order valence-electron chi connectivity index (χ3n) is 3.11. The Morgan fingerprint density at radius 1 is 1.27 bits per heavy atom. The van der Waals surface area contributed by atoms with Crippen LogP contribution < -0.4 is 9.47 Å². The number of benzene rings is 1. The van der Waals surface area contributed by atoms with Crippen molar-refractivity contribution in [3.05, 3.63) is 35.7 Å². The fraction of sp³-hybridized carbons (Fsp3) is 0.400. The van der Waals surface area contributed by atoms with Crippen molar-refractivity contribution < 1.29 is 19.4 Å². The minimum absolute atomic E-state index is 0.0115. The Bertz CT molecular complexity index is 639. The zero-order valence-corrected chi connectivity index (χ0v) is 12.7. The Morgan fingerprint density at radius 3 is 2.55 bits per heavy atom. The molecule has 0 aliphatic rings. The first kappa shape index (κ1) is 15.8. The van der Waals surface area contributed by atoms with E-state index in [1.54, 1.807) is 11.6 Å². The maximum absolute atomic E-state index is 10.9. The van der Waals surface area contributed by atoms with Gasteiger partial charge < -0.3 is 14.6 Å². The van der Waals surface area contributed by atoms with E-state index in [2.05, 4.69) is 10.3 Å². The van der Waals surface area contributed by atoms with E-state index >= 15 is 0 Å². The number of nitrogens with zero attached hydrogens (tertiary/aromatic N) is 3. The summed E-state index contributed by atoms with van der Waals surface area (Å²) in [6, 6.07) is 7.50. The number of rotatable bonds is 8. The molecule has 1 heterocycles. The van der Waals surface area contributed by atoms with Crippen molar-refractivity contribution in [2.24, 2.45) is 0 Å². The SMILES string of the molecule is CCOc1ccccc1OCCCn1nnc(C(=O)O)c1C. The van der Waals surface area contributed by atoms with Gasteiger partial charge in [-0.2, -0.15) is 0 Å². The fourth-order valence-corrected chi connectivity index (χ4v) is 2.01. The average Bonchev–Trinajstić information content (AvgIpc) is 2.87. The number of carbonyl (C=O) groups is 1. The Kier molecular flexibility index (Phi) is 5.35. The molecule has 0 fully saturated rings.